The van der Waals surface area contributed by atoms with Crippen molar-refractivity contribution in [2.24, 2.45) is 0 Å². The predicted molar refractivity (Wildman–Crippen MR) is 106 cm³/mol. The van der Waals surface area contributed by atoms with Crippen LogP contribution < -0.4 is 0 Å². The van der Waals surface area contributed by atoms with Gasteiger partial charge < -0.3 is 13.9 Å². The lowest BCUT2D eigenvalue weighted by molar-refractivity contribution is -0.137. The van der Waals surface area contributed by atoms with Crippen LogP contribution in [0.5, 0.6) is 0 Å². The van der Waals surface area contributed by atoms with Gasteiger partial charge in [-0.05, 0) is 38.1 Å². The number of hydrogen-bond acceptors (Lipinski definition) is 5. The van der Waals surface area contributed by atoms with Gasteiger partial charge in [0.05, 0.1) is 12.7 Å². The SMILES string of the molecule is CCOC(=O)/C=C/[C@@H](OC(=N)C(Cl)(Cl)Cl)[C@H](C)O[Si](C)(C)C(C)(C)C. The average Bonchev–Trinajstić information content (AvgIpc) is 2.40. The van der Waals surface area contributed by atoms with E-state index in [2.05, 4.69) is 33.9 Å². The number of esters is 1. The van der Waals surface area contributed by atoms with Gasteiger partial charge in [0.15, 0.2) is 8.32 Å². The van der Waals surface area contributed by atoms with E-state index in [1.165, 1.54) is 12.2 Å². The Morgan fingerprint density at radius 3 is 2.16 bits per heavy atom. The molecule has 0 bridgehead atoms. The lowest BCUT2D eigenvalue weighted by Crippen LogP contribution is -2.47. The van der Waals surface area contributed by atoms with Crippen LogP contribution in [0.15, 0.2) is 12.2 Å². The van der Waals surface area contributed by atoms with E-state index in [9.17, 15) is 4.79 Å². The maximum atomic E-state index is 11.6. The molecule has 25 heavy (non-hydrogen) atoms. The Hall–Kier alpha value is -0.273. The number of hydrogen-bond donors (Lipinski definition) is 1. The minimum atomic E-state index is -2.10. The molecule has 1 N–H and O–H groups in total. The van der Waals surface area contributed by atoms with Crippen LogP contribution in [-0.4, -0.2) is 42.8 Å². The number of nitrogens with one attached hydrogen (secondary N) is 1. The fraction of sp³-hybridized carbons (Fsp3) is 0.750. The Morgan fingerprint density at radius 1 is 1.24 bits per heavy atom. The standard InChI is InChI=1S/C16H28Cl3NO4Si/c1-8-22-13(21)10-9-12(23-14(20)16(17,18)19)11(2)24-25(6,7)15(3,4)5/h9-12,20H,8H2,1-7H3/b10-9+,20-14?/t11-,12+/m0/s1. The van der Waals surface area contributed by atoms with Gasteiger partial charge in [-0.3, -0.25) is 5.41 Å². The molecule has 0 aromatic rings. The summed E-state index contributed by atoms with van der Waals surface area (Å²) < 4.78 is 14.6. The van der Waals surface area contributed by atoms with Crippen LogP contribution >= 0.6 is 34.8 Å². The third-order valence-electron chi connectivity index (χ3n) is 3.97. The molecule has 0 fully saturated rings. The summed E-state index contributed by atoms with van der Waals surface area (Å²) in [7, 11) is -2.10. The van der Waals surface area contributed by atoms with Crippen LogP contribution in [0.25, 0.3) is 0 Å². The van der Waals surface area contributed by atoms with Gasteiger partial charge >= 0.3 is 5.97 Å². The molecule has 0 unspecified atom stereocenters. The maximum absolute atomic E-state index is 11.6. The smallest absolute Gasteiger partial charge is 0.330 e. The van der Waals surface area contributed by atoms with Crippen LogP contribution in [0.4, 0.5) is 0 Å². The van der Waals surface area contributed by atoms with Gasteiger partial charge in [-0.2, -0.15) is 0 Å². The summed E-state index contributed by atoms with van der Waals surface area (Å²) in [5.41, 5.74) is 0. The van der Waals surface area contributed by atoms with E-state index in [1.807, 2.05) is 0 Å². The molecular weight excluding hydrogens is 405 g/mol. The predicted octanol–water partition coefficient (Wildman–Crippen LogP) is 5.25. The molecule has 0 aliphatic rings. The minimum absolute atomic E-state index is 0.0145. The highest BCUT2D eigenvalue weighted by atomic mass is 35.6. The van der Waals surface area contributed by atoms with Crippen molar-refractivity contribution in [1.29, 1.82) is 5.41 Å². The zero-order valence-corrected chi connectivity index (χ0v) is 19.1. The summed E-state index contributed by atoms with van der Waals surface area (Å²) in [5, 5.41) is 7.76. The molecule has 146 valence electrons. The quantitative estimate of drug-likeness (QED) is 0.149. The van der Waals surface area contributed by atoms with Crippen molar-refractivity contribution in [2.75, 3.05) is 6.61 Å². The topological polar surface area (TPSA) is 68.6 Å². The molecule has 5 nitrogen and oxygen atoms in total. The zero-order chi connectivity index (χ0) is 20.1. The Labute approximate surface area is 166 Å². The second-order valence-electron chi connectivity index (χ2n) is 7.10. The van der Waals surface area contributed by atoms with Gasteiger partial charge in [-0.25, -0.2) is 4.79 Å². The highest BCUT2D eigenvalue weighted by molar-refractivity contribution is 6.76. The van der Waals surface area contributed by atoms with Crippen LogP contribution in [0.1, 0.15) is 34.6 Å². The lowest BCUT2D eigenvalue weighted by Gasteiger charge is -2.40. The Balaban J connectivity index is 5.36. The third-order valence-corrected chi connectivity index (χ3v) is 9.06. The van der Waals surface area contributed by atoms with Crippen molar-refractivity contribution in [3.05, 3.63) is 12.2 Å². The fourth-order valence-electron chi connectivity index (χ4n) is 1.57. The molecule has 0 aliphatic heterocycles. The Kier molecular flexibility index (Phi) is 9.50. The summed E-state index contributed by atoms with van der Waals surface area (Å²) >= 11 is 17.1. The summed E-state index contributed by atoms with van der Waals surface area (Å²) in [6.07, 6.45) is 1.45. The van der Waals surface area contributed by atoms with E-state index in [4.69, 9.17) is 54.1 Å². The molecule has 0 spiro atoms. The van der Waals surface area contributed by atoms with Crippen molar-refractivity contribution >= 4 is 55.0 Å². The number of ether oxygens (including phenoxy) is 2. The van der Waals surface area contributed by atoms with Gasteiger partial charge in [0.1, 0.15) is 6.10 Å². The van der Waals surface area contributed by atoms with Crippen molar-refractivity contribution in [2.45, 2.75) is 68.8 Å². The normalized spacial score (nSPS) is 15.8. The number of carbonyl (C=O) groups is 1. The molecular formula is C16H28Cl3NO4Si. The van der Waals surface area contributed by atoms with Crippen molar-refractivity contribution in [1.82, 2.24) is 0 Å². The third kappa shape index (κ3) is 8.77. The average molecular weight is 433 g/mol. The zero-order valence-electron chi connectivity index (χ0n) is 15.8. The first-order chi connectivity index (χ1) is 11.1. The number of carbonyl (C=O) groups excluding carboxylic acids is 1. The molecule has 0 saturated heterocycles. The fourth-order valence-corrected chi connectivity index (χ4v) is 3.12. The summed E-state index contributed by atoms with van der Waals surface area (Å²) in [6, 6.07) is 0. The molecule has 0 aliphatic carbocycles. The minimum Gasteiger partial charge on any atom is -0.468 e. The van der Waals surface area contributed by atoms with Crippen molar-refractivity contribution < 1.29 is 18.7 Å². The lowest BCUT2D eigenvalue weighted by atomic mass is 10.2. The molecule has 0 amide bonds. The molecule has 0 saturated carbocycles. The Morgan fingerprint density at radius 2 is 1.76 bits per heavy atom. The number of alkyl halides is 3. The number of halogens is 3. The van der Waals surface area contributed by atoms with Crippen molar-refractivity contribution in [3.8, 4) is 0 Å². The van der Waals surface area contributed by atoms with E-state index in [0.29, 0.717) is 0 Å². The molecule has 0 aromatic carbocycles. The molecule has 9 heteroatoms. The maximum Gasteiger partial charge on any atom is 0.330 e. The molecule has 2 atom stereocenters. The first kappa shape index (κ1) is 24.7. The van der Waals surface area contributed by atoms with Crippen LogP contribution in [0.3, 0.4) is 0 Å². The summed E-state index contributed by atoms with van der Waals surface area (Å²) in [4.78, 5) is 11.6. The van der Waals surface area contributed by atoms with E-state index in [1.54, 1.807) is 13.8 Å². The summed E-state index contributed by atoms with van der Waals surface area (Å²) in [5.74, 6) is -1.06. The van der Waals surface area contributed by atoms with E-state index in [0.717, 1.165) is 0 Å². The van der Waals surface area contributed by atoms with E-state index in [-0.39, 0.29) is 11.6 Å². The highest BCUT2D eigenvalue weighted by Gasteiger charge is 2.40. The van der Waals surface area contributed by atoms with Gasteiger partial charge in [0.2, 0.25) is 5.90 Å². The van der Waals surface area contributed by atoms with Crippen LogP contribution in [0.2, 0.25) is 18.1 Å². The van der Waals surface area contributed by atoms with Crippen molar-refractivity contribution in [3.63, 3.8) is 0 Å². The molecule has 0 rings (SSSR count). The second kappa shape index (κ2) is 9.60. The molecule has 0 heterocycles. The van der Waals surface area contributed by atoms with Gasteiger partial charge in [0, 0.05) is 6.08 Å². The van der Waals surface area contributed by atoms with Crippen LogP contribution in [-0.2, 0) is 18.7 Å². The number of rotatable bonds is 7. The first-order valence-corrected chi connectivity index (χ1v) is 12.0. The highest BCUT2D eigenvalue weighted by Crippen LogP contribution is 2.38. The summed E-state index contributed by atoms with van der Waals surface area (Å²) in [6.45, 7) is 14.3. The largest absolute Gasteiger partial charge is 0.468 e. The van der Waals surface area contributed by atoms with Crippen LogP contribution in [0, 0.1) is 5.41 Å². The van der Waals surface area contributed by atoms with E-state index < -0.39 is 36.2 Å². The van der Waals surface area contributed by atoms with Gasteiger partial charge in [-0.1, -0.05) is 55.6 Å². The Bertz CT molecular complexity index is 499. The first-order valence-electron chi connectivity index (χ1n) is 7.97. The van der Waals surface area contributed by atoms with Gasteiger partial charge in [0.25, 0.3) is 3.79 Å². The molecule has 0 aromatic heterocycles. The van der Waals surface area contributed by atoms with E-state index >= 15 is 0 Å². The molecule has 0 radical (unpaired) electrons. The monoisotopic (exact) mass is 431 g/mol. The van der Waals surface area contributed by atoms with Gasteiger partial charge in [-0.15, -0.1) is 0 Å². The second-order valence-corrected chi connectivity index (χ2v) is 14.1.